The zero-order valence-electron chi connectivity index (χ0n) is 14.9. The van der Waals surface area contributed by atoms with Gasteiger partial charge in [-0.2, -0.15) is 0 Å². The second-order valence-electron chi connectivity index (χ2n) is 6.24. The Morgan fingerprint density at radius 2 is 2.08 bits per heavy atom. The van der Waals surface area contributed by atoms with Gasteiger partial charge in [-0.25, -0.2) is 0 Å². The quantitative estimate of drug-likeness (QED) is 0.414. The number of benzene rings is 1. The van der Waals surface area contributed by atoms with E-state index in [0.717, 1.165) is 44.2 Å². The van der Waals surface area contributed by atoms with Crippen molar-refractivity contribution in [2.24, 2.45) is 4.99 Å². The molecule has 1 unspecified atom stereocenters. The van der Waals surface area contributed by atoms with Crippen LogP contribution in [-0.2, 0) is 6.42 Å². The van der Waals surface area contributed by atoms with Crippen molar-refractivity contribution in [3.8, 4) is 0 Å². The first kappa shape index (κ1) is 19.6. The highest BCUT2D eigenvalue weighted by atomic mass is 127. The highest BCUT2D eigenvalue weighted by Gasteiger charge is 2.23. The van der Waals surface area contributed by atoms with Crippen LogP contribution in [0.15, 0.2) is 52.1 Å². The first-order chi connectivity index (χ1) is 11.7. The lowest BCUT2D eigenvalue weighted by molar-refractivity contribution is 0.506. The van der Waals surface area contributed by atoms with Gasteiger partial charge >= 0.3 is 0 Å². The second kappa shape index (κ2) is 9.70. The minimum absolute atomic E-state index is 0. The summed E-state index contributed by atoms with van der Waals surface area (Å²) in [7, 11) is 1.81. The monoisotopic (exact) mass is 454 g/mol. The average molecular weight is 454 g/mol. The molecule has 0 amide bonds. The molecule has 3 rings (SSSR count). The van der Waals surface area contributed by atoms with Gasteiger partial charge in [-0.15, -0.1) is 24.0 Å². The lowest BCUT2D eigenvalue weighted by Gasteiger charge is -2.20. The van der Waals surface area contributed by atoms with Crippen LogP contribution in [0.1, 0.15) is 17.7 Å². The van der Waals surface area contributed by atoms with E-state index in [1.807, 2.05) is 19.2 Å². The molecule has 0 bridgehead atoms. The van der Waals surface area contributed by atoms with Gasteiger partial charge < -0.3 is 20.0 Å². The van der Waals surface area contributed by atoms with Crippen LogP contribution in [0.3, 0.4) is 0 Å². The van der Waals surface area contributed by atoms with Gasteiger partial charge in [0.2, 0.25) is 0 Å². The Morgan fingerprint density at radius 3 is 2.76 bits per heavy atom. The second-order valence-corrected chi connectivity index (χ2v) is 6.24. The molecule has 0 spiro atoms. The third-order valence-corrected chi connectivity index (χ3v) is 4.40. The van der Waals surface area contributed by atoms with E-state index in [1.165, 1.54) is 11.3 Å². The average Bonchev–Trinajstić information content (AvgIpc) is 3.26. The molecule has 1 aromatic heterocycles. The molecule has 0 aliphatic carbocycles. The number of nitrogens with one attached hydrogen (secondary N) is 2. The molecule has 1 aliphatic rings. The SMILES string of the molecule is CN=C(NCCc1ccco1)NC1CCN(c2ccc(C)cc2)C1.I. The summed E-state index contributed by atoms with van der Waals surface area (Å²) in [5.41, 5.74) is 2.60. The Hall–Kier alpha value is -1.70. The van der Waals surface area contributed by atoms with E-state index in [4.69, 9.17) is 4.42 Å². The first-order valence-corrected chi connectivity index (χ1v) is 8.56. The molecule has 1 aromatic carbocycles. The molecule has 6 heteroatoms. The highest BCUT2D eigenvalue weighted by Crippen LogP contribution is 2.20. The Labute approximate surface area is 166 Å². The topological polar surface area (TPSA) is 52.8 Å². The predicted octanol–water partition coefficient (Wildman–Crippen LogP) is 3.19. The molecule has 5 nitrogen and oxygen atoms in total. The summed E-state index contributed by atoms with van der Waals surface area (Å²) in [5, 5.41) is 6.88. The fourth-order valence-corrected chi connectivity index (χ4v) is 3.02. The Kier molecular flexibility index (Phi) is 7.61. The molecule has 1 fully saturated rings. The van der Waals surface area contributed by atoms with E-state index in [1.54, 1.807) is 6.26 Å². The van der Waals surface area contributed by atoms with E-state index >= 15 is 0 Å². The maximum atomic E-state index is 5.35. The highest BCUT2D eigenvalue weighted by molar-refractivity contribution is 14.0. The van der Waals surface area contributed by atoms with Crippen LogP contribution in [0.25, 0.3) is 0 Å². The Morgan fingerprint density at radius 1 is 1.28 bits per heavy atom. The summed E-state index contributed by atoms with van der Waals surface area (Å²) in [6.07, 6.45) is 3.68. The van der Waals surface area contributed by atoms with Crippen molar-refractivity contribution in [3.05, 3.63) is 54.0 Å². The van der Waals surface area contributed by atoms with Gasteiger partial charge in [0.25, 0.3) is 0 Å². The van der Waals surface area contributed by atoms with Gasteiger partial charge in [0.15, 0.2) is 5.96 Å². The summed E-state index contributed by atoms with van der Waals surface area (Å²) in [5.74, 6) is 1.85. The largest absolute Gasteiger partial charge is 0.469 e. The number of aryl methyl sites for hydroxylation is 1. The molecule has 0 saturated carbocycles. The van der Waals surface area contributed by atoms with Gasteiger partial charge in [-0.3, -0.25) is 4.99 Å². The first-order valence-electron chi connectivity index (χ1n) is 8.56. The van der Waals surface area contributed by atoms with E-state index < -0.39 is 0 Å². The number of anilines is 1. The van der Waals surface area contributed by atoms with Crippen LogP contribution in [-0.4, -0.2) is 38.7 Å². The minimum Gasteiger partial charge on any atom is -0.469 e. The van der Waals surface area contributed by atoms with Crippen molar-refractivity contribution >= 4 is 35.6 Å². The third kappa shape index (κ3) is 5.66. The number of hydrogen-bond acceptors (Lipinski definition) is 3. The Bertz CT molecular complexity index is 655. The molecule has 1 saturated heterocycles. The number of nitrogens with zero attached hydrogens (tertiary/aromatic N) is 2. The molecule has 2 heterocycles. The van der Waals surface area contributed by atoms with Gasteiger partial charge in [0, 0.05) is 44.8 Å². The Balaban J connectivity index is 0.00000225. The van der Waals surface area contributed by atoms with Crippen LogP contribution in [0.5, 0.6) is 0 Å². The molecule has 136 valence electrons. The molecule has 0 radical (unpaired) electrons. The summed E-state index contributed by atoms with van der Waals surface area (Å²) < 4.78 is 5.35. The fourth-order valence-electron chi connectivity index (χ4n) is 3.02. The minimum atomic E-state index is 0. The number of hydrogen-bond donors (Lipinski definition) is 2. The molecule has 1 atom stereocenters. The number of halogens is 1. The lowest BCUT2D eigenvalue weighted by Crippen LogP contribution is -2.45. The van der Waals surface area contributed by atoms with Crippen molar-refractivity contribution in [2.75, 3.05) is 31.6 Å². The standard InChI is InChI=1S/C19H26N4O.HI/c1-15-5-7-17(8-6-15)23-12-10-16(14-23)22-19(20-2)21-11-9-18-4-3-13-24-18;/h3-8,13,16H,9-12,14H2,1-2H3,(H2,20,21,22);1H. The predicted molar refractivity (Wildman–Crippen MR) is 114 cm³/mol. The molecular weight excluding hydrogens is 427 g/mol. The van der Waals surface area contributed by atoms with Gasteiger partial charge in [-0.05, 0) is 37.6 Å². The van der Waals surface area contributed by atoms with E-state index in [9.17, 15) is 0 Å². The molecular formula is C19H27IN4O. The third-order valence-electron chi connectivity index (χ3n) is 4.40. The fraction of sp³-hybridized carbons (Fsp3) is 0.421. The van der Waals surface area contributed by atoms with Crippen LogP contribution < -0.4 is 15.5 Å². The van der Waals surface area contributed by atoms with Gasteiger partial charge in [-0.1, -0.05) is 17.7 Å². The number of aliphatic imine (C=N–C) groups is 1. The van der Waals surface area contributed by atoms with Crippen molar-refractivity contribution in [1.82, 2.24) is 10.6 Å². The van der Waals surface area contributed by atoms with Crippen LogP contribution in [0.2, 0.25) is 0 Å². The van der Waals surface area contributed by atoms with Crippen LogP contribution in [0, 0.1) is 6.92 Å². The maximum Gasteiger partial charge on any atom is 0.191 e. The number of guanidine groups is 1. The van der Waals surface area contributed by atoms with E-state index in [0.29, 0.717) is 6.04 Å². The summed E-state index contributed by atoms with van der Waals surface area (Å²) >= 11 is 0. The number of furan rings is 1. The molecule has 1 aliphatic heterocycles. The van der Waals surface area contributed by atoms with Crippen molar-refractivity contribution in [1.29, 1.82) is 0 Å². The van der Waals surface area contributed by atoms with Crippen molar-refractivity contribution in [2.45, 2.75) is 25.8 Å². The number of rotatable bonds is 5. The summed E-state index contributed by atoms with van der Waals surface area (Å²) in [6, 6.07) is 13.1. The van der Waals surface area contributed by atoms with E-state index in [-0.39, 0.29) is 24.0 Å². The summed E-state index contributed by atoms with van der Waals surface area (Å²) in [6.45, 7) is 5.00. The molecule has 2 aromatic rings. The van der Waals surface area contributed by atoms with Gasteiger partial charge in [0.1, 0.15) is 5.76 Å². The zero-order chi connectivity index (χ0) is 16.8. The van der Waals surface area contributed by atoms with Gasteiger partial charge in [0.05, 0.1) is 6.26 Å². The smallest absolute Gasteiger partial charge is 0.191 e. The van der Waals surface area contributed by atoms with Crippen molar-refractivity contribution in [3.63, 3.8) is 0 Å². The lowest BCUT2D eigenvalue weighted by atomic mass is 10.2. The van der Waals surface area contributed by atoms with E-state index in [2.05, 4.69) is 51.7 Å². The summed E-state index contributed by atoms with van der Waals surface area (Å²) in [4.78, 5) is 6.75. The molecule has 2 N–H and O–H groups in total. The normalized spacial score (nSPS) is 17.3. The zero-order valence-corrected chi connectivity index (χ0v) is 17.2. The van der Waals surface area contributed by atoms with Crippen LogP contribution >= 0.6 is 24.0 Å². The van der Waals surface area contributed by atoms with Crippen LogP contribution in [0.4, 0.5) is 5.69 Å². The molecule has 25 heavy (non-hydrogen) atoms. The van der Waals surface area contributed by atoms with Crippen molar-refractivity contribution < 1.29 is 4.42 Å². The maximum absolute atomic E-state index is 5.35.